The fourth-order valence-electron chi connectivity index (χ4n) is 3.17. The Labute approximate surface area is 130 Å². The van der Waals surface area contributed by atoms with E-state index >= 15 is 0 Å². The minimum Gasteiger partial charge on any atom is -0.342 e. The van der Waals surface area contributed by atoms with Gasteiger partial charge < -0.3 is 4.90 Å². The second kappa shape index (κ2) is 7.29. The van der Waals surface area contributed by atoms with Crippen molar-refractivity contribution < 1.29 is 4.79 Å². The van der Waals surface area contributed by atoms with Gasteiger partial charge >= 0.3 is 0 Å². The van der Waals surface area contributed by atoms with Crippen molar-refractivity contribution in [2.45, 2.75) is 30.2 Å². The van der Waals surface area contributed by atoms with Crippen LogP contribution in [-0.2, 0) is 4.79 Å². The molecule has 2 aliphatic rings. The van der Waals surface area contributed by atoms with E-state index in [1.807, 2.05) is 18.2 Å². The molecule has 2 saturated heterocycles. The Morgan fingerprint density at radius 1 is 1.29 bits per heavy atom. The van der Waals surface area contributed by atoms with Gasteiger partial charge in [0.25, 0.3) is 0 Å². The van der Waals surface area contributed by atoms with Crippen LogP contribution in [0.15, 0.2) is 35.2 Å². The predicted octanol–water partition coefficient (Wildman–Crippen LogP) is 1.88. The molecule has 2 fully saturated rings. The highest BCUT2D eigenvalue weighted by atomic mass is 32.2. The highest BCUT2D eigenvalue weighted by Gasteiger charge is 2.30. The number of amides is 1. The summed E-state index contributed by atoms with van der Waals surface area (Å²) in [5.74, 6) is 1.42. The molecule has 1 aromatic carbocycles. The Bertz CT molecular complexity index is 462. The second-order valence-electron chi connectivity index (χ2n) is 5.81. The first-order valence-corrected chi connectivity index (χ1v) is 8.75. The number of thioether (sulfide) groups is 1. The molecule has 4 nitrogen and oxygen atoms in total. The van der Waals surface area contributed by atoms with Gasteiger partial charge in [-0.1, -0.05) is 18.2 Å². The van der Waals surface area contributed by atoms with Crippen LogP contribution in [-0.4, -0.2) is 42.2 Å². The summed E-state index contributed by atoms with van der Waals surface area (Å²) in [7, 11) is 0. The van der Waals surface area contributed by atoms with E-state index in [1.54, 1.807) is 11.8 Å². The minimum atomic E-state index is 0.277. The lowest BCUT2D eigenvalue weighted by Gasteiger charge is -2.35. The molecule has 1 amide bonds. The molecular formula is C16H23N3OS. The number of nitrogens with one attached hydrogen (secondary N) is 2. The van der Waals surface area contributed by atoms with Gasteiger partial charge in [0.05, 0.1) is 5.75 Å². The van der Waals surface area contributed by atoms with Crippen LogP contribution in [0, 0.1) is 5.92 Å². The van der Waals surface area contributed by atoms with E-state index < -0.39 is 0 Å². The SMILES string of the molecule is O=C(CSc1ccccc1)N1CCCC(C2CCNN2)C1. The first-order valence-electron chi connectivity index (χ1n) is 7.77. The molecule has 3 rings (SSSR count). The van der Waals surface area contributed by atoms with Gasteiger partial charge in [-0.15, -0.1) is 11.8 Å². The lowest BCUT2D eigenvalue weighted by atomic mass is 9.90. The molecular weight excluding hydrogens is 282 g/mol. The Balaban J connectivity index is 1.49. The summed E-state index contributed by atoms with van der Waals surface area (Å²) in [4.78, 5) is 15.6. The number of carbonyl (C=O) groups is 1. The molecule has 0 aliphatic carbocycles. The van der Waals surface area contributed by atoms with Gasteiger partial charge in [-0.3, -0.25) is 15.6 Å². The van der Waals surface area contributed by atoms with Gasteiger partial charge in [-0.05, 0) is 37.3 Å². The van der Waals surface area contributed by atoms with Gasteiger partial charge in [0.2, 0.25) is 5.91 Å². The summed E-state index contributed by atoms with van der Waals surface area (Å²) >= 11 is 1.64. The lowest BCUT2D eigenvalue weighted by molar-refractivity contribution is -0.130. The smallest absolute Gasteiger partial charge is 0.232 e. The molecule has 2 heterocycles. The Morgan fingerprint density at radius 2 is 2.14 bits per heavy atom. The second-order valence-corrected chi connectivity index (χ2v) is 6.86. The van der Waals surface area contributed by atoms with E-state index in [1.165, 1.54) is 17.7 Å². The average Bonchev–Trinajstić information content (AvgIpc) is 3.08. The van der Waals surface area contributed by atoms with Crippen LogP contribution in [0.3, 0.4) is 0 Å². The highest BCUT2D eigenvalue weighted by molar-refractivity contribution is 8.00. The van der Waals surface area contributed by atoms with Gasteiger partial charge in [0.1, 0.15) is 0 Å². The van der Waals surface area contributed by atoms with Crippen LogP contribution >= 0.6 is 11.8 Å². The third-order valence-corrected chi connectivity index (χ3v) is 5.35. The Morgan fingerprint density at radius 3 is 2.90 bits per heavy atom. The van der Waals surface area contributed by atoms with Gasteiger partial charge in [-0.2, -0.15) is 0 Å². The quantitative estimate of drug-likeness (QED) is 0.834. The lowest BCUT2D eigenvalue weighted by Crippen LogP contribution is -2.47. The molecule has 5 heteroatoms. The van der Waals surface area contributed by atoms with Gasteiger partial charge in [0.15, 0.2) is 0 Å². The Hall–Kier alpha value is -1.04. The molecule has 0 bridgehead atoms. The molecule has 2 aliphatic heterocycles. The summed E-state index contributed by atoms with van der Waals surface area (Å²) in [6, 6.07) is 10.7. The number of carbonyl (C=O) groups excluding carboxylic acids is 1. The van der Waals surface area contributed by atoms with Gasteiger partial charge in [-0.25, -0.2) is 0 Å². The molecule has 0 radical (unpaired) electrons. The van der Waals surface area contributed by atoms with E-state index in [-0.39, 0.29) is 5.91 Å². The number of likely N-dealkylation sites (tertiary alicyclic amines) is 1. The van der Waals surface area contributed by atoms with E-state index in [2.05, 4.69) is 27.9 Å². The van der Waals surface area contributed by atoms with Crippen LogP contribution in [0.25, 0.3) is 0 Å². The third kappa shape index (κ3) is 3.99. The van der Waals surface area contributed by atoms with E-state index in [0.29, 0.717) is 17.7 Å². The molecule has 114 valence electrons. The molecule has 0 spiro atoms. The van der Waals surface area contributed by atoms with Gasteiger partial charge in [0, 0.05) is 30.6 Å². The Kier molecular flexibility index (Phi) is 5.17. The standard InChI is InChI=1S/C16H23N3OS/c20-16(12-21-14-6-2-1-3-7-14)19-10-4-5-13(11-19)15-8-9-17-18-15/h1-3,6-7,13,15,17-18H,4-5,8-12H2. The van der Waals surface area contributed by atoms with E-state index in [4.69, 9.17) is 0 Å². The topological polar surface area (TPSA) is 44.4 Å². The zero-order valence-corrected chi connectivity index (χ0v) is 13.1. The average molecular weight is 305 g/mol. The molecule has 1 aromatic rings. The summed E-state index contributed by atoms with van der Waals surface area (Å²) in [6.45, 7) is 2.87. The zero-order chi connectivity index (χ0) is 14.5. The number of nitrogens with zero attached hydrogens (tertiary/aromatic N) is 1. The number of hydrogen-bond donors (Lipinski definition) is 2. The number of hydrogen-bond acceptors (Lipinski definition) is 4. The van der Waals surface area contributed by atoms with Crippen molar-refractivity contribution in [3.8, 4) is 0 Å². The summed E-state index contributed by atoms with van der Waals surface area (Å²) in [5, 5.41) is 0. The van der Waals surface area contributed by atoms with Crippen molar-refractivity contribution in [2.75, 3.05) is 25.4 Å². The molecule has 2 unspecified atom stereocenters. The zero-order valence-electron chi connectivity index (χ0n) is 12.3. The summed E-state index contributed by atoms with van der Waals surface area (Å²) < 4.78 is 0. The fraction of sp³-hybridized carbons (Fsp3) is 0.562. The van der Waals surface area contributed by atoms with Crippen molar-refractivity contribution in [1.29, 1.82) is 0 Å². The maximum absolute atomic E-state index is 12.4. The van der Waals surface area contributed by atoms with Crippen LogP contribution in [0.5, 0.6) is 0 Å². The summed E-state index contributed by atoms with van der Waals surface area (Å²) in [6.07, 6.45) is 3.53. The van der Waals surface area contributed by atoms with Crippen molar-refractivity contribution >= 4 is 17.7 Å². The molecule has 0 saturated carbocycles. The van der Waals surface area contributed by atoms with Crippen LogP contribution in [0.1, 0.15) is 19.3 Å². The first kappa shape index (κ1) is 14.9. The third-order valence-electron chi connectivity index (χ3n) is 4.35. The molecule has 21 heavy (non-hydrogen) atoms. The van der Waals surface area contributed by atoms with Crippen molar-refractivity contribution in [2.24, 2.45) is 5.92 Å². The highest BCUT2D eigenvalue weighted by Crippen LogP contribution is 2.24. The minimum absolute atomic E-state index is 0.277. The number of hydrazine groups is 1. The summed E-state index contributed by atoms with van der Waals surface area (Å²) in [5.41, 5.74) is 6.55. The van der Waals surface area contributed by atoms with Crippen LogP contribution in [0.4, 0.5) is 0 Å². The van der Waals surface area contributed by atoms with Crippen molar-refractivity contribution in [3.05, 3.63) is 30.3 Å². The first-order chi connectivity index (χ1) is 10.3. The maximum atomic E-state index is 12.4. The fourth-order valence-corrected chi connectivity index (χ4v) is 4.00. The monoisotopic (exact) mass is 305 g/mol. The predicted molar refractivity (Wildman–Crippen MR) is 86.0 cm³/mol. The number of rotatable bonds is 4. The van der Waals surface area contributed by atoms with Crippen LogP contribution in [0.2, 0.25) is 0 Å². The maximum Gasteiger partial charge on any atom is 0.232 e. The molecule has 0 aromatic heterocycles. The van der Waals surface area contributed by atoms with E-state index in [0.717, 1.165) is 26.1 Å². The van der Waals surface area contributed by atoms with Crippen molar-refractivity contribution in [3.63, 3.8) is 0 Å². The van der Waals surface area contributed by atoms with E-state index in [9.17, 15) is 4.79 Å². The number of benzene rings is 1. The normalized spacial score (nSPS) is 26.0. The molecule has 2 N–H and O–H groups in total. The number of piperidine rings is 1. The largest absolute Gasteiger partial charge is 0.342 e. The van der Waals surface area contributed by atoms with Crippen LogP contribution < -0.4 is 10.9 Å². The van der Waals surface area contributed by atoms with Crippen molar-refractivity contribution in [1.82, 2.24) is 15.8 Å². The molecule has 2 atom stereocenters.